The number of rotatable bonds is 4. The molecule has 0 aliphatic carbocycles. The second-order valence-corrected chi connectivity index (χ2v) is 7.85. The van der Waals surface area contributed by atoms with Crippen molar-refractivity contribution in [1.29, 1.82) is 0 Å². The number of pyridine rings is 1. The molecule has 1 aromatic heterocycles. The Morgan fingerprint density at radius 2 is 1.70 bits per heavy atom. The molecule has 1 aliphatic rings. The molecule has 1 amide bonds. The Morgan fingerprint density at radius 1 is 1.00 bits per heavy atom. The molecule has 1 aliphatic heterocycles. The summed E-state index contributed by atoms with van der Waals surface area (Å²) < 4.78 is 0. The van der Waals surface area contributed by atoms with Crippen LogP contribution < -0.4 is 0 Å². The highest BCUT2D eigenvalue weighted by molar-refractivity contribution is 6.31. The summed E-state index contributed by atoms with van der Waals surface area (Å²) in [6.07, 6.45) is 2.74. The zero-order valence-corrected chi connectivity index (χ0v) is 17.2. The van der Waals surface area contributed by atoms with Crippen LogP contribution in [0.25, 0.3) is 11.1 Å². The van der Waals surface area contributed by atoms with Crippen LogP contribution in [0.4, 0.5) is 0 Å². The number of aliphatic carboxylic acids is 1. The number of carbonyl (C=O) groups is 2. The fourth-order valence-corrected chi connectivity index (χ4v) is 4.24. The van der Waals surface area contributed by atoms with E-state index in [2.05, 4.69) is 4.98 Å². The van der Waals surface area contributed by atoms with Gasteiger partial charge in [0.1, 0.15) is 6.04 Å². The van der Waals surface area contributed by atoms with Gasteiger partial charge in [0.25, 0.3) is 5.91 Å². The number of carboxylic acid groups (broad SMARTS) is 1. The molecule has 3 aromatic rings. The Bertz CT molecular complexity index is 1080. The van der Waals surface area contributed by atoms with Gasteiger partial charge >= 0.3 is 5.97 Å². The summed E-state index contributed by atoms with van der Waals surface area (Å²) in [5.74, 6) is -1.31. The SMILES string of the molecule is Cc1ccc(-c2ccc(C(=O)N3[C@@H](c4ccccc4Cl)CC[C@H]3C(=O)O)cc2)cn1. The lowest BCUT2D eigenvalue weighted by atomic mass is 10.0. The van der Waals surface area contributed by atoms with E-state index in [1.807, 2.05) is 49.4 Å². The van der Waals surface area contributed by atoms with Gasteiger partial charge in [-0.1, -0.05) is 48.0 Å². The molecule has 2 atom stereocenters. The van der Waals surface area contributed by atoms with E-state index in [1.165, 1.54) is 4.90 Å². The number of hydrogen-bond donors (Lipinski definition) is 1. The quantitative estimate of drug-likeness (QED) is 0.634. The molecule has 6 heteroatoms. The van der Waals surface area contributed by atoms with E-state index < -0.39 is 12.0 Å². The minimum Gasteiger partial charge on any atom is -0.480 e. The molecular formula is C24H21ClN2O3. The molecule has 0 unspecified atom stereocenters. The van der Waals surface area contributed by atoms with Gasteiger partial charge in [0, 0.05) is 28.0 Å². The lowest BCUT2D eigenvalue weighted by Crippen LogP contribution is -2.41. The first kappa shape index (κ1) is 20.1. The first-order chi connectivity index (χ1) is 14.5. The molecule has 5 nitrogen and oxygen atoms in total. The number of likely N-dealkylation sites (tertiary alicyclic amines) is 1. The summed E-state index contributed by atoms with van der Waals surface area (Å²) in [5.41, 5.74) is 4.06. The number of carboxylic acids is 1. The largest absolute Gasteiger partial charge is 0.480 e. The fourth-order valence-electron chi connectivity index (χ4n) is 3.98. The molecule has 2 heterocycles. The molecule has 0 bridgehead atoms. The van der Waals surface area contributed by atoms with E-state index in [-0.39, 0.29) is 11.9 Å². The summed E-state index contributed by atoms with van der Waals surface area (Å²) in [4.78, 5) is 31.0. The Labute approximate surface area is 179 Å². The van der Waals surface area contributed by atoms with Crippen LogP contribution in [-0.2, 0) is 4.79 Å². The lowest BCUT2D eigenvalue weighted by Gasteiger charge is -2.29. The van der Waals surface area contributed by atoms with Crippen molar-refractivity contribution in [2.75, 3.05) is 0 Å². The van der Waals surface area contributed by atoms with Gasteiger partial charge in [0.05, 0.1) is 6.04 Å². The number of carbonyl (C=O) groups excluding carboxylic acids is 1. The maximum atomic E-state index is 13.4. The normalized spacial score (nSPS) is 18.4. The minimum atomic E-state index is -1.000. The van der Waals surface area contributed by atoms with E-state index in [9.17, 15) is 14.7 Å². The van der Waals surface area contributed by atoms with Gasteiger partial charge in [-0.15, -0.1) is 0 Å². The first-order valence-electron chi connectivity index (χ1n) is 9.78. The summed E-state index contributed by atoms with van der Waals surface area (Å²) in [6.45, 7) is 1.93. The number of benzene rings is 2. The van der Waals surface area contributed by atoms with Crippen LogP contribution in [0.1, 0.15) is 40.5 Å². The summed E-state index contributed by atoms with van der Waals surface area (Å²) in [6, 6.07) is 17.1. The Hall–Kier alpha value is -3.18. The van der Waals surface area contributed by atoms with Crippen molar-refractivity contribution in [1.82, 2.24) is 9.88 Å². The van der Waals surface area contributed by atoms with Crippen molar-refractivity contribution in [2.24, 2.45) is 0 Å². The van der Waals surface area contributed by atoms with Crippen molar-refractivity contribution < 1.29 is 14.7 Å². The average Bonchev–Trinajstić information content (AvgIpc) is 3.19. The monoisotopic (exact) mass is 420 g/mol. The molecule has 30 heavy (non-hydrogen) atoms. The number of aromatic nitrogens is 1. The standard InChI is InChI=1S/C24H21ClN2O3/c1-15-6-7-18(14-26-15)16-8-10-17(11-9-16)23(28)27-21(12-13-22(27)24(29)30)19-4-2-3-5-20(19)25/h2-11,14,21-22H,12-13H2,1H3,(H,29,30)/t21-,22+/m1/s1. The van der Waals surface area contributed by atoms with Gasteiger partial charge in [-0.3, -0.25) is 9.78 Å². The maximum absolute atomic E-state index is 13.4. The van der Waals surface area contributed by atoms with Gasteiger partial charge in [-0.05, 0) is 55.2 Å². The summed E-state index contributed by atoms with van der Waals surface area (Å²) in [7, 11) is 0. The highest BCUT2D eigenvalue weighted by Gasteiger charge is 2.42. The molecule has 1 saturated heterocycles. The highest BCUT2D eigenvalue weighted by Crippen LogP contribution is 2.40. The number of amides is 1. The average molecular weight is 421 g/mol. The van der Waals surface area contributed by atoms with Crippen molar-refractivity contribution in [2.45, 2.75) is 31.8 Å². The van der Waals surface area contributed by atoms with Crippen LogP contribution in [0.15, 0.2) is 66.9 Å². The van der Waals surface area contributed by atoms with Crippen molar-refractivity contribution in [3.8, 4) is 11.1 Å². The second kappa shape index (κ2) is 8.28. The van der Waals surface area contributed by atoms with Gasteiger partial charge in [-0.25, -0.2) is 4.79 Å². The van der Waals surface area contributed by atoms with Crippen LogP contribution in [0, 0.1) is 6.92 Å². The molecule has 1 N–H and O–H groups in total. The Kier molecular flexibility index (Phi) is 5.55. The maximum Gasteiger partial charge on any atom is 0.326 e. The molecule has 0 spiro atoms. The van der Waals surface area contributed by atoms with Crippen molar-refractivity contribution in [3.05, 3.63) is 88.7 Å². The second-order valence-electron chi connectivity index (χ2n) is 7.45. The van der Waals surface area contributed by atoms with Crippen LogP contribution in [0.2, 0.25) is 5.02 Å². The van der Waals surface area contributed by atoms with E-state index in [1.54, 1.807) is 24.4 Å². The first-order valence-corrected chi connectivity index (χ1v) is 10.2. The van der Waals surface area contributed by atoms with E-state index in [4.69, 9.17) is 11.6 Å². The lowest BCUT2D eigenvalue weighted by molar-refractivity contribution is -0.141. The predicted molar refractivity (Wildman–Crippen MR) is 115 cm³/mol. The number of nitrogens with zero attached hydrogens (tertiary/aromatic N) is 2. The predicted octanol–water partition coefficient (Wildman–Crippen LogP) is 5.14. The third-order valence-electron chi connectivity index (χ3n) is 5.55. The van der Waals surface area contributed by atoms with Crippen LogP contribution >= 0.6 is 11.6 Å². The number of aryl methyl sites for hydroxylation is 1. The zero-order valence-electron chi connectivity index (χ0n) is 16.5. The van der Waals surface area contributed by atoms with Gasteiger partial charge < -0.3 is 10.0 Å². The molecule has 152 valence electrons. The van der Waals surface area contributed by atoms with Gasteiger partial charge in [-0.2, -0.15) is 0 Å². The molecule has 2 aromatic carbocycles. The number of hydrogen-bond acceptors (Lipinski definition) is 3. The minimum absolute atomic E-state index is 0.307. The Morgan fingerprint density at radius 3 is 2.33 bits per heavy atom. The molecular weight excluding hydrogens is 400 g/mol. The molecule has 4 rings (SSSR count). The molecule has 1 fully saturated rings. The summed E-state index contributed by atoms with van der Waals surface area (Å²) in [5, 5.41) is 10.2. The zero-order chi connectivity index (χ0) is 21.3. The van der Waals surface area contributed by atoms with Gasteiger partial charge in [0.15, 0.2) is 0 Å². The topological polar surface area (TPSA) is 70.5 Å². The van der Waals surface area contributed by atoms with Crippen molar-refractivity contribution in [3.63, 3.8) is 0 Å². The summed E-state index contributed by atoms with van der Waals surface area (Å²) >= 11 is 6.36. The van der Waals surface area contributed by atoms with E-state index in [0.29, 0.717) is 23.4 Å². The molecule has 0 radical (unpaired) electrons. The van der Waals surface area contributed by atoms with E-state index >= 15 is 0 Å². The fraction of sp³-hybridized carbons (Fsp3) is 0.208. The van der Waals surface area contributed by atoms with Crippen LogP contribution in [-0.4, -0.2) is 32.9 Å². The molecule has 0 saturated carbocycles. The Balaban J connectivity index is 1.65. The van der Waals surface area contributed by atoms with Crippen LogP contribution in [0.3, 0.4) is 0 Å². The third kappa shape index (κ3) is 3.81. The van der Waals surface area contributed by atoms with Gasteiger partial charge in [0.2, 0.25) is 0 Å². The number of halogens is 1. The van der Waals surface area contributed by atoms with E-state index in [0.717, 1.165) is 22.4 Å². The van der Waals surface area contributed by atoms with Crippen molar-refractivity contribution >= 4 is 23.5 Å². The highest BCUT2D eigenvalue weighted by atomic mass is 35.5. The third-order valence-corrected chi connectivity index (χ3v) is 5.89. The van der Waals surface area contributed by atoms with Crippen LogP contribution in [0.5, 0.6) is 0 Å². The smallest absolute Gasteiger partial charge is 0.326 e.